The van der Waals surface area contributed by atoms with E-state index in [1.54, 1.807) is 36.0 Å². The van der Waals surface area contributed by atoms with Gasteiger partial charge in [0.25, 0.3) is 5.91 Å². The molecule has 0 heterocycles. The van der Waals surface area contributed by atoms with Crippen molar-refractivity contribution in [3.63, 3.8) is 0 Å². The number of benzene rings is 1. The first-order valence-corrected chi connectivity index (χ1v) is 9.17. The second-order valence-corrected chi connectivity index (χ2v) is 7.56. The van der Waals surface area contributed by atoms with Gasteiger partial charge >= 0.3 is 0 Å². The Labute approximate surface area is 148 Å². The molecule has 124 valence electrons. The summed E-state index contributed by atoms with van der Waals surface area (Å²) in [5.41, 5.74) is 0.905. The summed E-state index contributed by atoms with van der Waals surface area (Å²) in [5, 5.41) is 2.99. The minimum atomic E-state index is -0.319. The van der Waals surface area contributed by atoms with E-state index in [0.29, 0.717) is 22.1 Å². The van der Waals surface area contributed by atoms with E-state index >= 15 is 0 Å². The lowest BCUT2D eigenvalue weighted by atomic mass is 9.99. The maximum atomic E-state index is 12.5. The van der Waals surface area contributed by atoms with Gasteiger partial charge in [0, 0.05) is 28.6 Å². The molecule has 0 aromatic heterocycles. The quantitative estimate of drug-likeness (QED) is 0.402. The third-order valence-electron chi connectivity index (χ3n) is 3.15. The highest BCUT2D eigenvalue weighted by atomic mass is 32.2. The average Bonchev–Trinajstić information content (AvgIpc) is 2.52. The largest absolute Gasteiger partial charge is 0.346 e. The molecule has 0 aliphatic heterocycles. The lowest BCUT2D eigenvalue weighted by molar-refractivity contribution is -0.110. The third-order valence-corrected chi connectivity index (χ3v) is 4.85. The number of Topliss-reactive ketones (excluding diaryl/α,β-unsaturated/α-hetero) is 1. The van der Waals surface area contributed by atoms with Crippen LogP contribution in [0.1, 0.15) is 34.6 Å². The van der Waals surface area contributed by atoms with Crippen molar-refractivity contribution in [2.45, 2.75) is 19.1 Å². The molecule has 0 saturated heterocycles. The first kappa shape index (κ1) is 19.8. The topological polar surface area (TPSA) is 63.2 Å². The van der Waals surface area contributed by atoms with E-state index in [1.165, 1.54) is 7.85 Å². The highest BCUT2D eigenvalue weighted by Gasteiger charge is 2.19. The minimum Gasteiger partial charge on any atom is -0.346 e. The smallest absolute Gasteiger partial charge is 0.251 e. The molecule has 1 N–H and O–H groups in total. The van der Waals surface area contributed by atoms with Gasteiger partial charge in [-0.3, -0.25) is 9.59 Å². The summed E-state index contributed by atoms with van der Waals surface area (Å²) in [6.45, 7) is 4.20. The van der Waals surface area contributed by atoms with E-state index in [4.69, 9.17) is 0 Å². The third kappa shape index (κ3) is 6.83. The molecule has 1 aromatic rings. The Bertz CT molecular complexity index is 561. The van der Waals surface area contributed by atoms with Crippen LogP contribution >= 0.6 is 24.4 Å². The molecule has 0 saturated carbocycles. The van der Waals surface area contributed by atoms with Crippen molar-refractivity contribution in [1.82, 2.24) is 5.32 Å². The summed E-state index contributed by atoms with van der Waals surface area (Å²) < 4.78 is 0. The van der Waals surface area contributed by atoms with Crippen molar-refractivity contribution in [2.24, 2.45) is 5.92 Å². The van der Waals surface area contributed by atoms with Gasteiger partial charge in [0.1, 0.15) is 5.68 Å². The molecule has 0 radical (unpaired) electrons. The SMILES string of the molecule is BC(=O)CNC(=O)c1ccc(C(=O)C(CS)CSC(C)C)cc1. The van der Waals surface area contributed by atoms with Gasteiger partial charge in [-0.2, -0.15) is 24.4 Å². The molecule has 0 aliphatic carbocycles. The van der Waals surface area contributed by atoms with E-state index in [9.17, 15) is 14.4 Å². The van der Waals surface area contributed by atoms with E-state index in [0.717, 1.165) is 5.75 Å². The molecule has 23 heavy (non-hydrogen) atoms. The zero-order valence-electron chi connectivity index (χ0n) is 13.7. The normalized spacial score (nSPS) is 12.0. The van der Waals surface area contributed by atoms with Crippen LogP contribution in [0.2, 0.25) is 0 Å². The Balaban J connectivity index is 2.72. The Kier molecular flexibility index (Phi) is 8.48. The van der Waals surface area contributed by atoms with Crippen LogP contribution < -0.4 is 5.32 Å². The number of rotatable bonds is 9. The summed E-state index contributed by atoms with van der Waals surface area (Å²) >= 11 is 6.02. The summed E-state index contributed by atoms with van der Waals surface area (Å²) in [7, 11) is 1.41. The van der Waals surface area contributed by atoms with Crippen LogP contribution in [0.15, 0.2) is 24.3 Å². The molecule has 1 amide bonds. The Morgan fingerprint density at radius 1 is 1.17 bits per heavy atom. The highest BCUT2D eigenvalue weighted by Crippen LogP contribution is 2.19. The highest BCUT2D eigenvalue weighted by molar-refractivity contribution is 7.99. The number of thiol groups is 1. The fourth-order valence-electron chi connectivity index (χ4n) is 1.85. The van der Waals surface area contributed by atoms with Crippen LogP contribution in [0, 0.1) is 5.92 Å². The molecule has 0 aliphatic rings. The predicted octanol–water partition coefficient (Wildman–Crippen LogP) is 1.45. The van der Waals surface area contributed by atoms with Gasteiger partial charge in [0.2, 0.25) is 0 Å². The summed E-state index contributed by atoms with van der Waals surface area (Å²) in [5.74, 6) is 0.826. The average molecular weight is 351 g/mol. The Morgan fingerprint density at radius 2 is 1.74 bits per heavy atom. The molecular formula is C16H22BNO3S2. The van der Waals surface area contributed by atoms with Crippen molar-refractivity contribution >= 4 is 49.6 Å². The maximum absolute atomic E-state index is 12.5. The lowest BCUT2D eigenvalue weighted by Gasteiger charge is -2.14. The molecule has 1 aromatic carbocycles. The van der Waals surface area contributed by atoms with Gasteiger partial charge in [-0.05, 0) is 17.4 Å². The second-order valence-electron chi connectivity index (χ2n) is 5.59. The maximum Gasteiger partial charge on any atom is 0.251 e. The van der Waals surface area contributed by atoms with Crippen molar-refractivity contribution < 1.29 is 14.4 Å². The first-order chi connectivity index (χ1) is 10.8. The van der Waals surface area contributed by atoms with Crippen molar-refractivity contribution in [2.75, 3.05) is 18.1 Å². The van der Waals surface area contributed by atoms with Gasteiger partial charge in [-0.25, -0.2) is 0 Å². The summed E-state index contributed by atoms with van der Waals surface area (Å²) in [6.07, 6.45) is 0. The number of amides is 1. The Hall–Kier alpha value is -1.21. The molecule has 0 spiro atoms. The van der Waals surface area contributed by atoms with Gasteiger partial charge < -0.3 is 10.1 Å². The number of thioether (sulfide) groups is 1. The number of ketones is 1. The number of nitrogens with one attached hydrogen (secondary N) is 1. The molecule has 1 rings (SSSR count). The Morgan fingerprint density at radius 3 is 2.22 bits per heavy atom. The van der Waals surface area contributed by atoms with Crippen LogP contribution in [0.3, 0.4) is 0 Å². The zero-order chi connectivity index (χ0) is 17.4. The van der Waals surface area contributed by atoms with Crippen molar-refractivity contribution in [3.8, 4) is 0 Å². The molecule has 7 heteroatoms. The number of hydrogen-bond donors (Lipinski definition) is 2. The minimum absolute atomic E-state index is 0.00761. The van der Waals surface area contributed by atoms with E-state index < -0.39 is 0 Å². The van der Waals surface area contributed by atoms with Gasteiger partial charge in [-0.15, -0.1) is 0 Å². The molecular weight excluding hydrogens is 329 g/mol. The van der Waals surface area contributed by atoms with Gasteiger partial charge in [-0.1, -0.05) is 26.0 Å². The predicted molar refractivity (Wildman–Crippen MR) is 102 cm³/mol. The van der Waals surface area contributed by atoms with E-state index in [-0.39, 0.29) is 29.8 Å². The number of carbonyl (C=O) groups is 3. The van der Waals surface area contributed by atoms with Gasteiger partial charge in [0.05, 0.1) is 6.54 Å². The number of carbonyl (C=O) groups excluding carboxylic acids is 3. The van der Waals surface area contributed by atoms with Crippen LogP contribution in [-0.2, 0) is 4.79 Å². The van der Waals surface area contributed by atoms with E-state index in [1.807, 2.05) is 0 Å². The molecule has 0 fully saturated rings. The van der Waals surface area contributed by atoms with Crippen LogP contribution in [0.4, 0.5) is 0 Å². The fraction of sp³-hybridized carbons (Fsp3) is 0.438. The summed E-state index contributed by atoms with van der Waals surface area (Å²) in [6, 6.07) is 6.52. The lowest BCUT2D eigenvalue weighted by Crippen LogP contribution is -2.29. The van der Waals surface area contributed by atoms with E-state index in [2.05, 4.69) is 31.8 Å². The first-order valence-electron chi connectivity index (χ1n) is 7.49. The van der Waals surface area contributed by atoms with Crippen LogP contribution in [0.25, 0.3) is 0 Å². The van der Waals surface area contributed by atoms with Crippen LogP contribution in [-0.4, -0.2) is 48.5 Å². The second kappa shape index (κ2) is 9.83. The summed E-state index contributed by atoms with van der Waals surface area (Å²) in [4.78, 5) is 35.2. The van der Waals surface area contributed by atoms with Gasteiger partial charge in [0.15, 0.2) is 13.6 Å². The van der Waals surface area contributed by atoms with Crippen molar-refractivity contribution in [3.05, 3.63) is 35.4 Å². The standard InChI is InChI=1S/C16H22BNO3S2/c1-10(2)23-9-13(8-22)15(20)11-3-5-12(6-4-11)16(21)18-7-14(17)19/h3-6,10,13,22H,7-9,17H2,1-2H3,(H,18,21). The van der Waals surface area contributed by atoms with Crippen molar-refractivity contribution in [1.29, 1.82) is 0 Å². The molecule has 0 bridgehead atoms. The zero-order valence-corrected chi connectivity index (χ0v) is 15.4. The molecule has 1 unspecified atom stereocenters. The van der Waals surface area contributed by atoms with Crippen LogP contribution in [0.5, 0.6) is 0 Å². The molecule has 1 atom stereocenters. The fourth-order valence-corrected chi connectivity index (χ4v) is 3.20. The number of hydrogen-bond acceptors (Lipinski definition) is 5. The molecule has 4 nitrogen and oxygen atoms in total. The monoisotopic (exact) mass is 351 g/mol.